The van der Waals surface area contributed by atoms with Gasteiger partial charge in [-0.3, -0.25) is 4.79 Å². The van der Waals surface area contributed by atoms with Crippen molar-refractivity contribution < 1.29 is 13.2 Å². The Hall–Kier alpha value is -0.580. The highest BCUT2D eigenvalue weighted by molar-refractivity contribution is 7.90. The molecule has 0 bridgehead atoms. The Morgan fingerprint density at radius 2 is 2.06 bits per heavy atom. The molecule has 0 spiro atoms. The van der Waals surface area contributed by atoms with Crippen molar-refractivity contribution in [3.63, 3.8) is 0 Å². The molecule has 1 saturated heterocycles. The summed E-state index contributed by atoms with van der Waals surface area (Å²) in [6.45, 7) is 2.95. The molecule has 0 aromatic carbocycles. The van der Waals surface area contributed by atoms with Gasteiger partial charge in [-0.2, -0.15) is 0 Å². The predicted octanol–water partition coefficient (Wildman–Crippen LogP) is 1.60. The fraction of sp³-hybridized carbons (Fsp3) is 0.917. The van der Waals surface area contributed by atoms with Crippen molar-refractivity contribution in [3.8, 4) is 0 Å². The van der Waals surface area contributed by atoms with Gasteiger partial charge in [-0.1, -0.05) is 6.92 Å². The smallest absolute Gasteiger partial charge is 0.222 e. The van der Waals surface area contributed by atoms with Gasteiger partial charge in [0.25, 0.3) is 0 Å². The van der Waals surface area contributed by atoms with Crippen LogP contribution in [0.4, 0.5) is 0 Å². The highest BCUT2D eigenvalue weighted by Crippen LogP contribution is 2.20. The number of rotatable bonds is 5. The average molecular weight is 261 g/mol. The van der Waals surface area contributed by atoms with Crippen LogP contribution in [-0.2, 0) is 14.6 Å². The van der Waals surface area contributed by atoms with Crippen molar-refractivity contribution in [2.75, 3.05) is 18.6 Å². The highest BCUT2D eigenvalue weighted by atomic mass is 32.2. The van der Waals surface area contributed by atoms with Crippen LogP contribution in [0.1, 0.15) is 45.4 Å². The Balaban J connectivity index is 2.40. The lowest BCUT2D eigenvalue weighted by atomic mass is 9.99. The first kappa shape index (κ1) is 14.5. The van der Waals surface area contributed by atoms with Crippen LogP contribution in [0.15, 0.2) is 0 Å². The second kappa shape index (κ2) is 6.38. The standard InChI is InChI=1S/C12H23NO3S/c1-3-11-7-4-5-9-13(11)12(14)8-6-10-17(2,15)16/h11H,3-10H2,1-2H3. The van der Waals surface area contributed by atoms with Crippen molar-refractivity contribution in [2.24, 2.45) is 0 Å². The normalized spacial score (nSPS) is 21.5. The molecule has 5 heteroatoms. The van der Waals surface area contributed by atoms with Crippen LogP contribution in [0.25, 0.3) is 0 Å². The van der Waals surface area contributed by atoms with E-state index in [9.17, 15) is 13.2 Å². The Morgan fingerprint density at radius 3 is 2.65 bits per heavy atom. The monoisotopic (exact) mass is 261 g/mol. The van der Waals surface area contributed by atoms with Gasteiger partial charge in [-0.25, -0.2) is 8.42 Å². The molecule has 1 heterocycles. The molecule has 0 aromatic heterocycles. The second-order valence-electron chi connectivity index (χ2n) is 4.88. The van der Waals surface area contributed by atoms with Gasteiger partial charge in [0.05, 0.1) is 5.75 Å². The van der Waals surface area contributed by atoms with Crippen LogP contribution in [0.2, 0.25) is 0 Å². The van der Waals surface area contributed by atoms with E-state index >= 15 is 0 Å². The molecule has 1 rings (SSSR count). The zero-order valence-corrected chi connectivity index (χ0v) is 11.6. The number of carbonyl (C=O) groups excluding carboxylic acids is 1. The van der Waals surface area contributed by atoms with Crippen LogP contribution in [-0.4, -0.2) is 43.8 Å². The minimum Gasteiger partial charge on any atom is -0.340 e. The molecular weight excluding hydrogens is 238 g/mol. The van der Waals surface area contributed by atoms with Crippen LogP contribution >= 0.6 is 0 Å². The molecule has 1 aliphatic heterocycles. The second-order valence-corrected chi connectivity index (χ2v) is 7.14. The molecule has 4 nitrogen and oxygen atoms in total. The number of sulfone groups is 1. The molecule has 1 aliphatic rings. The highest BCUT2D eigenvalue weighted by Gasteiger charge is 2.24. The summed E-state index contributed by atoms with van der Waals surface area (Å²) in [5.74, 6) is 0.240. The van der Waals surface area contributed by atoms with E-state index in [0.29, 0.717) is 18.9 Å². The van der Waals surface area contributed by atoms with Gasteiger partial charge in [0.2, 0.25) is 5.91 Å². The lowest BCUT2D eigenvalue weighted by Crippen LogP contribution is -2.43. The predicted molar refractivity (Wildman–Crippen MR) is 68.6 cm³/mol. The third-order valence-corrected chi connectivity index (χ3v) is 4.35. The van der Waals surface area contributed by atoms with Crippen LogP contribution < -0.4 is 0 Å². The maximum atomic E-state index is 12.0. The Bertz CT molecular complexity index is 351. The van der Waals surface area contributed by atoms with E-state index in [1.807, 2.05) is 4.90 Å². The average Bonchev–Trinajstić information content (AvgIpc) is 2.27. The lowest BCUT2D eigenvalue weighted by molar-refractivity contribution is -0.134. The SMILES string of the molecule is CCC1CCCCN1C(=O)CCCS(C)(=O)=O. The Labute approximate surface area is 104 Å². The van der Waals surface area contributed by atoms with Gasteiger partial charge in [0.1, 0.15) is 9.84 Å². The van der Waals surface area contributed by atoms with E-state index in [4.69, 9.17) is 0 Å². The first-order valence-corrected chi connectivity index (χ1v) is 8.47. The first-order valence-electron chi connectivity index (χ1n) is 6.41. The summed E-state index contributed by atoms with van der Waals surface area (Å²) in [6, 6.07) is 0.370. The lowest BCUT2D eigenvalue weighted by Gasteiger charge is -2.35. The Kier molecular flexibility index (Phi) is 5.43. The van der Waals surface area contributed by atoms with Crippen molar-refractivity contribution in [3.05, 3.63) is 0 Å². The van der Waals surface area contributed by atoms with Crippen molar-refractivity contribution in [1.29, 1.82) is 0 Å². The fourth-order valence-corrected chi connectivity index (χ4v) is 3.05. The summed E-state index contributed by atoms with van der Waals surface area (Å²) in [6.07, 6.45) is 6.40. The number of hydrogen-bond donors (Lipinski definition) is 0. The molecule has 1 unspecified atom stereocenters. The van der Waals surface area contributed by atoms with E-state index in [0.717, 1.165) is 25.8 Å². The third-order valence-electron chi connectivity index (χ3n) is 3.32. The largest absolute Gasteiger partial charge is 0.340 e. The van der Waals surface area contributed by atoms with Crippen LogP contribution in [0.3, 0.4) is 0 Å². The summed E-state index contributed by atoms with van der Waals surface area (Å²) in [5, 5.41) is 0. The minimum absolute atomic E-state index is 0.114. The minimum atomic E-state index is -2.94. The number of likely N-dealkylation sites (tertiary alicyclic amines) is 1. The number of nitrogens with zero attached hydrogens (tertiary/aromatic N) is 1. The molecule has 0 radical (unpaired) electrons. The van der Waals surface area contributed by atoms with Crippen LogP contribution in [0, 0.1) is 0 Å². The summed E-state index contributed by atoms with van der Waals surface area (Å²) >= 11 is 0. The molecule has 0 aromatic rings. The van der Waals surface area contributed by atoms with Crippen molar-refractivity contribution >= 4 is 15.7 Å². The van der Waals surface area contributed by atoms with Crippen molar-refractivity contribution in [1.82, 2.24) is 4.90 Å². The van der Waals surface area contributed by atoms with E-state index in [1.165, 1.54) is 12.7 Å². The number of hydrogen-bond acceptors (Lipinski definition) is 3. The molecule has 0 N–H and O–H groups in total. The molecule has 0 saturated carbocycles. The quantitative estimate of drug-likeness (QED) is 0.755. The maximum Gasteiger partial charge on any atom is 0.222 e. The van der Waals surface area contributed by atoms with E-state index in [1.54, 1.807) is 0 Å². The van der Waals surface area contributed by atoms with E-state index in [2.05, 4.69) is 6.92 Å². The summed E-state index contributed by atoms with van der Waals surface area (Å²) in [5.41, 5.74) is 0. The molecule has 1 fully saturated rings. The third kappa shape index (κ3) is 5.06. The van der Waals surface area contributed by atoms with Gasteiger partial charge in [-0.15, -0.1) is 0 Å². The molecular formula is C12H23NO3S. The number of piperidine rings is 1. The van der Waals surface area contributed by atoms with E-state index in [-0.39, 0.29) is 11.7 Å². The first-order chi connectivity index (χ1) is 7.94. The molecule has 0 aliphatic carbocycles. The topological polar surface area (TPSA) is 54.5 Å². The Morgan fingerprint density at radius 1 is 1.35 bits per heavy atom. The molecule has 1 atom stereocenters. The summed E-state index contributed by atoms with van der Waals surface area (Å²) < 4.78 is 22.0. The van der Waals surface area contributed by atoms with E-state index < -0.39 is 9.84 Å². The van der Waals surface area contributed by atoms with Gasteiger partial charge in [0.15, 0.2) is 0 Å². The molecule has 17 heavy (non-hydrogen) atoms. The summed E-state index contributed by atoms with van der Waals surface area (Å²) in [7, 11) is -2.94. The fourth-order valence-electron chi connectivity index (χ4n) is 2.38. The zero-order valence-electron chi connectivity index (χ0n) is 10.8. The number of carbonyl (C=O) groups is 1. The van der Waals surface area contributed by atoms with Gasteiger partial charge >= 0.3 is 0 Å². The number of amides is 1. The molecule has 100 valence electrons. The van der Waals surface area contributed by atoms with Crippen LogP contribution in [0.5, 0.6) is 0 Å². The van der Waals surface area contributed by atoms with Gasteiger partial charge in [-0.05, 0) is 32.1 Å². The maximum absolute atomic E-state index is 12.0. The van der Waals surface area contributed by atoms with Crippen molar-refractivity contribution in [2.45, 2.75) is 51.5 Å². The van der Waals surface area contributed by atoms with Gasteiger partial charge in [0, 0.05) is 25.3 Å². The molecule has 1 amide bonds. The van der Waals surface area contributed by atoms with Gasteiger partial charge < -0.3 is 4.90 Å². The summed E-state index contributed by atoms with van der Waals surface area (Å²) in [4.78, 5) is 13.9. The zero-order chi connectivity index (χ0) is 12.9.